The first-order chi connectivity index (χ1) is 5.70. The Hall–Kier alpha value is -0.370. The molecule has 0 aliphatic carbocycles. The second kappa shape index (κ2) is 7.29. The molecule has 0 aliphatic heterocycles. The Morgan fingerprint density at radius 1 is 1.42 bits per heavy atom. The third kappa shape index (κ3) is 6.35. The molecule has 0 amide bonds. The van der Waals surface area contributed by atoms with E-state index in [-0.39, 0.29) is 6.10 Å². The van der Waals surface area contributed by atoms with Crippen LogP contribution in [0, 0.1) is 0 Å². The number of ketones is 1. The number of hydrogen-bond acceptors (Lipinski definition) is 2. The minimum absolute atomic E-state index is 0.0825. The zero-order valence-corrected chi connectivity index (χ0v) is 8.43. The molecule has 72 valence electrons. The second-order valence-electron chi connectivity index (χ2n) is 3.25. The summed E-state index contributed by atoms with van der Waals surface area (Å²) < 4.78 is 5.01. The number of Topliss-reactive ketones (excluding diaryl/α,β-unsaturated/α-hetero) is 1. The largest absolute Gasteiger partial charge is 0.381 e. The molecule has 2 heteroatoms. The first-order valence-corrected chi connectivity index (χ1v) is 4.75. The summed E-state index contributed by atoms with van der Waals surface area (Å²) in [4.78, 5) is 11.2. The third-order valence-corrected chi connectivity index (χ3v) is 1.98. The van der Waals surface area contributed by atoms with Gasteiger partial charge in [-0.25, -0.2) is 0 Å². The zero-order valence-electron chi connectivity index (χ0n) is 8.43. The van der Waals surface area contributed by atoms with Crippen molar-refractivity contribution in [2.45, 2.75) is 52.1 Å². The number of rotatable bonds is 7. The van der Waals surface area contributed by atoms with E-state index in [4.69, 9.17) is 4.74 Å². The topological polar surface area (TPSA) is 26.3 Å². The molecule has 0 aromatic heterocycles. The van der Waals surface area contributed by atoms with Gasteiger partial charge >= 0.3 is 0 Å². The lowest BCUT2D eigenvalue weighted by Gasteiger charge is -2.07. The molecule has 0 aliphatic rings. The quantitative estimate of drug-likeness (QED) is 0.552. The summed E-state index contributed by atoms with van der Waals surface area (Å²) in [6.07, 6.45) is 4.74. The van der Waals surface area contributed by atoms with Crippen molar-refractivity contribution in [2.24, 2.45) is 0 Å². The van der Waals surface area contributed by atoms with Crippen LogP contribution in [0.3, 0.4) is 0 Å². The predicted molar refractivity (Wildman–Crippen MR) is 50.2 cm³/mol. The van der Waals surface area contributed by atoms with Crippen molar-refractivity contribution in [2.75, 3.05) is 7.11 Å². The maximum absolute atomic E-state index is 11.2. The molecule has 0 heterocycles. The molecular weight excluding hydrogens is 152 g/mol. The molecule has 0 rings (SSSR count). The van der Waals surface area contributed by atoms with Gasteiger partial charge in [0.25, 0.3) is 0 Å². The van der Waals surface area contributed by atoms with Crippen LogP contribution in [0.5, 0.6) is 0 Å². The van der Waals surface area contributed by atoms with Gasteiger partial charge in [0.2, 0.25) is 0 Å². The standard InChI is InChI=1S/C10H20O2/c1-4-5-6-7-10(11)8-9(2)12-3/h9H,4-8H2,1-3H3. The summed E-state index contributed by atoms with van der Waals surface area (Å²) in [7, 11) is 1.64. The van der Waals surface area contributed by atoms with Gasteiger partial charge in [-0.1, -0.05) is 19.8 Å². The highest BCUT2D eigenvalue weighted by Gasteiger charge is 2.06. The number of carbonyl (C=O) groups excluding carboxylic acids is 1. The summed E-state index contributed by atoms with van der Waals surface area (Å²) in [5.41, 5.74) is 0. The van der Waals surface area contributed by atoms with E-state index in [1.54, 1.807) is 7.11 Å². The lowest BCUT2D eigenvalue weighted by atomic mass is 10.1. The SMILES string of the molecule is CCCCCC(=O)CC(C)OC. The molecular formula is C10H20O2. The van der Waals surface area contributed by atoms with Crippen molar-refractivity contribution in [3.05, 3.63) is 0 Å². The molecule has 0 aromatic carbocycles. The van der Waals surface area contributed by atoms with Gasteiger partial charge in [-0.15, -0.1) is 0 Å². The normalized spacial score (nSPS) is 12.9. The van der Waals surface area contributed by atoms with Crippen LogP contribution in [0.25, 0.3) is 0 Å². The number of methoxy groups -OCH3 is 1. The van der Waals surface area contributed by atoms with Crippen LogP contribution in [0.2, 0.25) is 0 Å². The highest BCUT2D eigenvalue weighted by atomic mass is 16.5. The molecule has 0 N–H and O–H groups in total. The van der Waals surface area contributed by atoms with Gasteiger partial charge in [0.15, 0.2) is 0 Å². The van der Waals surface area contributed by atoms with Gasteiger partial charge in [0.1, 0.15) is 5.78 Å². The van der Waals surface area contributed by atoms with Crippen LogP contribution in [0.15, 0.2) is 0 Å². The number of ether oxygens (including phenoxy) is 1. The summed E-state index contributed by atoms with van der Waals surface area (Å²) in [6, 6.07) is 0. The average Bonchev–Trinajstić information content (AvgIpc) is 2.05. The van der Waals surface area contributed by atoms with Crippen molar-refractivity contribution < 1.29 is 9.53 Å². The molecule has 2 nitrogen and oxygen atoms in total. The summed E-state index contributed by atoms with van der Waals surface area (Å²) in [5, 5.41) is 0. The van der Waals surface area contributed by atoms with E-state index >= 15 is 0 Å². The van der Waals surface area contributed by atoms with E-state index in [9.17, 15) is 4.79 Å². The van der Waals surface area contributed by atoms with E-state index in [1.807, 2.05) is 6.92 Å². The van der Waals surface area contributed by atoms with Crippen molar-refractivity contribution in [1.29, 1.82) is 0 Å². The Morgan fingerprint density at radius 3 is 2.58 bits per heavy atom. The number of carbonyl (C=O) groups is 1. The lowest BCUT2D eigenvalue weighted by Crippen LogP contribution is -2.11. The Kier molecular flexibility index (Phi) is 7.06. The fourth-order valence-electron chi connectivity index (χ4n) is 1.08. The lowest BCUT2D eigenvalue weighted by molar-refractivity contribution is -0.121. The molecule has 0 bridgehead atoms. The molecule has 0 radical (unpaired) electrons. The van der Waals surface area contributed by atoms with E-state index in [2.05, 4.69) is 6.92 Å². The van der Waals surface area contributed by atoms with E-state index in [0.29, 0.717) is 12.2 Å². The third-order valence-electron chi connectivity index (χ3n) is 1.98. The van der Waals surface area contributed by atoms with Crippen molar-refractivity contribution in [3.63, 3.8) is 0 Å². The van der Waals surface area contributed by atoms with Crippen molar-refractivity contribution >= 4 is 5.78 Å². The Balaban J connectivity index is 3.33. The van der Waals surface area contributed by atoms with Gasteiger partial charge in [0.05, 0.1) is 6.10 Å². The maximum atomic E-state index is 11.2. The van der Waals surface area contributed by atoms with Gasteiger partial charge in [-0.05, 0) is 13.3 Å². The fourth-order valence-corrected chi connectivity index (χ4v) is 1.08. The second-order valence-corrected chi connectivity index (χ2v) is 3.25. The average molecular weight is 172 g/mol. The highest BCUT2D eigenvalue weighted by Crippen LogP contribution is 2.04. The van der Waals surface area contributed by atoms with Crippen LogP contribution in [-0.2, 0) is 9.53 Å². The van der Waals surface area contributed by atoms with E-state index < -0.39 is 0 Å². The van der Waals surface area contributed by atoms with Crippen LogP contribution < -0.4 is 0 Å². The summed E-state index contributed by atoms with van der Waals surface area (Å²) in [5.74, 6) is 0.331. The minimum atomic E-state index is 0.0825. The fraction of sp³-hybridized carbons (Fsp3) is 0.900. The molecule has 0 spiro atoms. The summed E-state index contributed by atoms with van der Waals surface area (Å²) in [6.45, 7) is 4.07. The van der Waals surface area contributed by atoms with Crippen molar-refractivity contribution in [1.82, 2.24) is 0 Å². The van der Waals surface area contributed by atoms with E-state index in [1.165, 1.54) is 6.42 Å². The minimum Gasteiger partial charge on any atom is -0.381 e. The van der Waals surface area contributed by atoms with Gasteiger partial charge in [-0.2, -0.15) is 0 Å². The molecule has 12 heavy (non-hydrogen) atoms. The van der Waals surface area contributed by atoms with Gasteiger partial charge < -0.3 is 4.74 Å². The Bertz CT molecular complexity index is 121. The predicted octanol–water partition coefficient (Wildman–Crippen LogP) is 2.56. The van der Waals surface area contributed by atoms with Crippen LogP contribution in [0.1, 0.15) is 46.0 Å². The van der Waals surface area contributed by atoms with Crippen molar-refractivity contribution in [3.8, 4) is 0 Å². The van der Waals surface area contributed by atoms with E-state index in [0.717, 1.165) is 19.3 Å². The van der Waals surface area contributed by atoms with Crippen LogP contribution in [-0.4, -0.2) is 19.0 Å². The molecule has 1 unspecified atom stereocenters. The number of unbranched alkanes of at least 4 members (excludes halogenated alkanes) is 2. The number of hydrogen-bond donors (Lipinski definition) is 0. The van der Waals surface area contributed by atoms with Gasteiger partial charge in [-0.3, -0.25) is 4.79 Å². The highest BCUT2D eigenvalue weighted by molar-refractivity contribution is 5.78. The summed E-state index contributed by atoms with van der Waals surface area (Å²) >= 11 is 0. The monoisotopic (exact) mass is 172 g/mol. The molecule has 0 fully saturated rings. The Labute approximate surface area is 75.3 Å². The molecule has 0 aromatic rings. The van der Waals surface area contributed by atoms with Crippen LogP contribution >= 0.6 is 0 Å². The maximum Gasteiger partial charge on any atom is 0.135 e. The zero-order chi connectivity index (χ0) is 9.40. The molecule has 0 saturated heterocycles. The smallest absolute Gasteiger partial charge is 0.135 e. The van der Waals surface area contributed by atoms with Crippen LogP contribution in [0.4, 0.5) is 0 Å². The molecule has 0 saturated carbocycles. The first-order valence-electron chi connectivity index (χ1n) is 4.75. The Morgan fingerprint density at radius 2 is 2.08 bits per heavy atom. The first kappa shape index (κ1) is 11.6. The molecule has 1 atom stereocenters. The van der Waals surface area contributed by atoms with Gasteiger partial charge in [0, 0.05) is 20.0 Å².